The van der Waals surface area contributed by atoms with E-state index >= 15 is 0 Å². The molecular weight excluding hydrogens is 320 g/mol. The Morgan fingerprint density at radius 1 is 0.619 bits per heavy atom. The lowest BCUT2D eigenvalue weighted by molar-refractivity contribution is 1.54. The fourth-order valence-corrected chi connectivity index (χ4v) is 3.66. The van der Waals surface area contributed by atoms with Crippen LogP contribution in [0.15, 0.2) is 66.7 Å². The van der Waals surface area contributed by atoms with Crippen LogP contribution in [0, 0.1) is 7.43 Å². The zero-order valence-corrected chi connectivity index (χ0v) is 13.1. The molecule has 0 aliphatic rings. The Labute approximate surface area is 133 Å². The molecule has 0 fully saturated rings. The molecule has 101 valence electrons. The average Bonchev–Trinajstić information content (AvgIpc) is 2.52. The van der Waals surface area contributed by atoms with E-state index in [1.54, 1.807) is 0 Å². The van der Waals surface area contributed by atoms with Gasteiger partial charge in [-0.1, -0.05) is 76.6 Å². The van der Waals surface area contributed by atoms with Crippen LogP contribution in [0.1, 0.15) is 5.56 Å². The zero-order valence-electron chi connectivity index (χ0n) is 11.5. The quantitative estimate of drug-likeness (QED) is 0.219. The molecular formula is C20H14Br. The van der Waals surface area contributed by atoms with Gasteiger partial charge >= 0.3 is 0 Å². The van der Waals surface area contributed by atoms with E-state index < -0.39 is 0 Å². The Balaban J connectivity index is 0.00000132. The highest BCUT2D eigenvalue weighted by molar-refractivity contribution is 9.08. The van der Waals surface area contributed by atoms with Crippen LogP contribution in [0.2, 0.25) is 0 Å². The molecule has 0 atom stereocenters. The number of hydrogen-bond donors (Lipinski definition) is 0. The van der Waals surface area contributed by atoms with E-state index in [9.17, 15) is 0 Å². The summed E-state index contributed by atoms with van der Waals surface area (Å²) >= 11 is 3.66. The first-order valence-corrected chi connectivity index (χ1v) is 7.89. The highest BCUT2D eigenvalue weighted by Gasteiger charge is 2.08. The van der Waals surface area contributed by atoms with Crippen molar-refractivity contribution in [1.29, 1.82) is 0 Å². The van der Waals surface area contributed by atoms with E-state index in [1.165, 1.54) is 37.9 Å². The van der Waals surface area contributed by atoms with Crippen molar-refractivity contribution >= 4 is 48.2 Å². The predicted octanol–water partition coefficient (Wildman–Crippen LogP) is 6.25. The minimum Gasteiger partial charge on any atom is -0.0876 e. The van der Waals surface area contributed by atoms with Crippen molar-refractivity contribution in [3.8, 4) is 0 Å². The maximum atomic E-state index is 3.66. The minimum absolute atomic E-state index is 0. The Morgan fingerprint density at radius 2 is 1.29 bits per heavy atom. The van der Waals surface area contributed by atoms with Crippen molar-refractivity contribution in [2.24, 2.45) is 0 Å². The molecule has 0 bridgehead atoms. The monoisotopic (exact) mass is 333 g/mol. The Morgan fingerprint density at radius 3 is 2.05 bits per heavy atom. The summed E-state index contributed by atoms with van der Waals surface area (Å²) in [4.78, 5) is 0. The molecule has 3 radical (unpaired) electrons. The highest BCUT2D eigenvalue weighted by Crippen LogP contribution is 2.34. The van der Waals surface area contributed by atoms with Gasteiger partial charge in [-0.2, -0.15) is 0 Å². The van der Waals surface area contributed by atoms with Crippen molar-refractivity contribution in [3.05, 3.63) is 79.7 Å². The molecule has 0 nitrogen and oxygen atoms in total. The van der Waals surface area contributed by atoms with E-state index in [-0.39, 0.29) is 7.43 Å². The van der Waals surface area contributed by atoms with E-state index in [0.29, 0.717) is 0 Å². The standard InChI is InChI=1S/C19H13Br.CH/c20-12-19-16-8-4-2-6-14(16)11-18-15-7-3-1-5-13(15)9-10-17(18)19;/h1-11H,12H2;1H. The molecule has 4 aromatic carbocycles. The summed E-state index contributed by atoms with van der Waals surface area (Å²) in [5.41, 5.74) is 1.38. The maximum absolute atomic E-state index is 3.66. The van der Waals surface area contributed by atoms with Gasteiger partial charge in [0.15, 0.2) is 0 Å². The molecule has 4 rings (SSSR count). The van der Waals surface area contributed by atoms with Crippen LogP contribution in [-0.4, -0.2) is 0 Å². The molecule has 0 aliphatic carbocycles. The third-order valence-electron chi connectivity index (χ3n) is 4.02. The molecule has 0 saturated carbocycles. The summed E-state index contributed by atoms with van der Waals surface area (Å²) in [5, 5.41) is 8.85. The summed E-state index contributed by atoms with van der Waals surface area (Å²) in [7, 11) is 0. The molecule has 0 aromatic heterocycles. The average molecular weight is 334 g/mol. The fourth-order valence-electron chi connectivity index (χ4n) is 3.06. The summed E-state index contributed by atoms with van der Waals surface area (Å²) in [6.45, 7) is 0. The first kappa shape index (κ1) is 14.1. The first-order chi connectivity index (χ1) is 9.88. The van der Waals surface area contributed by atoms with Crippen LogP contribution in [0.4, 0.5) is 0 Å². The lowest BCUT2D eigenvalue weighted by Crippen LogP contribution is -1.87. The van der Waals surface area contributed by atoms with Crippen LogP contribution in [0.5, 0.6) is 0 Å². The van der Waals surface area contributed by atoms with E-state index in [0.717, 1.165) is 5.33 Å². The van der Waals surface area contributed by atoms with Gasteiger partial charge in [0.2, 0.25) is 0 Å². The SMILES string of the molecule is BrCc1c2ccccc2cc2c1ccc1ccccc12.[CH]. The predicted molar refractivity (Wildman–Crippen MR) is 95.9 cm³/mol. The second-order valence-corrected chi connectivity index (χ2v) is 5.65. The number of benzene rings is 4. The van der Waals surface area contributed by atoms with Crippen molar-refractivity contribution in [1.82, 2.24) is 0 Å². The topological polar surface area (TPSA) is 0 Å². The molecule has 0 amide bonds. The fraction of sp³-hybridized carbons (Fsp3) is 0.0500. The molecule has 0 aliphatic heterocycles. The van der Waals surface area contributed by atoms with Gasteiger partial charge in [0.05, 0.1) is 0 Å². The van der Waals surface area contributed by atoms with Gasteiger partial charge in [0.25, 0.3) is 0 Å². The molecule has 0 heterocycles. The third kappa shape index (κ3) is 2.13. The van der Waals surface area contributed by atoms with Gasteiger partial charge < -0.3 is 0 Å². The molecule has 0 spiro atoms. The second kappa shape index (κ2) is 5.50. The van der Waals surface area contributed by atoms with Crippen molar-refractivity contribution in [3.63, 3.8) is 0 Å². The number of fused-ring (bicyclic) bond motifs is 4. The maximum Gasteiger partial charge on any atom is 0.0295 e. The minimum atomic E-state index is 0. The summed E-state index contributed by atoms with van der Waals surface area (Å²) in [6, 6.07) is 24.0. The van der Waals surface area contributed by atoms with Gasteiger partial charge in [-0.3, -0.25) is 0 Å². The van der Waals surface area contributed by atoms with Crippen molar-refractivity contribution in [2.75, 3.05) is 0 Å². The van der Waals surface area contributed by atoms with Gasteiger partial charge in [0.1, 0.15) is 0 Å². The first-order valence-electron chi connectivity index (χ1n) is 6.76. The van der Waals surface area contributed by atoms with E-state index in [4.69, 9.17) is 0 Å². The van der Waals surface area contributed by atoms with Gasteiger partial charge in [-0.05, 0) is 51.4 Å². The summed E-state index contributed by atoms with van der Waals surface area (Å²) in [6.07, 6.45) is 0. The largest absolute Gasteiger partial charge is 0.0876 e. The van der Waals surface area contributed by atoms with Crippen LogP contribution in [-0.2, 0) is 5.33 Å². The van der Waals surface area contributed by atoms with Crippen LogP contribution in [0.3, 0.4) is 0 Å². The Bertz CT molecular complexity index is 938. The second-order valence-electron chi connectivity index (χ2n) is 5.09. The number of halogens is 1. The highest BCUT2D eigenvalue weighted by atomic mass is 79.9. The van der Waals surface area contributed by atoms with Gasteiger partial charge in [0, 0.05) is 5.33 Å². The third-order valence-corrected chi connectivity index (χ3v) is 4.58. The van der Waals surface area contributed by atoms with Crippen LogP contribution in [0.25, 0.3) is 32.3 Å². The van der Waals surface area contributed by atoms with Crippen molar-refractivity contribution in [2.45, 2.75) is 5.33 Å². The van der Waals surface area contributed by atoms with Crippen molar-refractivity contribution < 1.29 is 0 Å². The summed E-state index contributed by atoms with van der Waals surface area (Å²) < 4.78 is 0. The Kier molecular flexibility index (Phi) is 3.69. The molecule has 21 heavy (non-hydrogen) atoms. The normalized spacial score (nSPS) is 10.9. The van der Waals surface area contributed by atoms with E-state index in [2.05, 4.69) is 82.7 Å². The number of alkyl halides is 1. The molecule has 0 saturated heterocycles. The zero-order chi connectivity index (χ0) is 13.5. The van der Waals surface area contributed by atoms with Gasteiger partial charge in [-0.25, -0.2) is 0 Å². The molecule has 1 heteroatoms. The number of hydrogen-bond acceptors (Lipinski definition) is 0. The lowest BCUT2D eigenvalue weighted by Gasteiger charge is -2.11. The Hall–Kier alpha value is -1.86. The molecule has 4 aromatic rings. The van der Waals surface area contributed by atoms with E-state index in [1.807, 2.05) is 0 Å². The summed E-state index contributed by atoms with van der Waals surface area (Å²) in [5.74, 6) is 0. The lowest BCUT2D eigenvalue weighted by atomic mass is 9.94. The molecule has 0 N–H and O–H groups in total. The molecule has 0 unspecified atom stereocenters. The van der Waals surface area contributed by atoms with Gasteiger partial charge in [-0.15, -0.1) is 0 Å². The number of rotatable bonds is 1. The van der Waals surface area contributed by atoms with Crippen LogP contribution >= 0.6 is 15.9 Å². The van der Waals surface area contributed by atoms with Crippen LogP contribution < -0.4 is 0 Å². The smallest absolute Gasteiger partial charge is 0.0295 e.